The van der Waals surface area contributed by atoms with Gasteiger partial charge in [0.25, 0.3) is 5.52 Å². The lowest BCUT2D eigenvalue weighted by molar-refractivity contribution is -0.620. The zero-order chi connectivity index (χ0) is 15.9. The van der Waals surface area contributed by atoms with E-state index in [-0.39, 0.29) is 26.2 Å². The van der Waals surface area contributed by atoms with Gasteiger partial charge in [0, 0.05) is 19.2 Å². The van der Waals surface area contributed by atoms with E-state index in [4.69, 9.17) is 15.7 Å². The first-order valence-electron chi connectivity index (χ1n) is 6.55. The molecule has 2 N–H and O–H groups in total. The number of fused-ring (bicyclic) bond motifs is 1. The molecule has 0 bridgehead atoms. The van der Waals surface area contributed by atoms with Gasteiger partial charge >= 0.3 is 11.5 Å². The van der Waals surface area contributed by atoms with Crippen LogP contribution >= 0.6 is 0 Å². The number of hydrogen-bond acceptors (Lipinski definition) is 6. The summed E-state index contributed by atoms with van der Waals surface area (Å²) < 4.78 is 19.9. The molecule has 22 heavy (non-hydrogen) atoms. The van der Waals surface area contributed by atoms with Crippen molar-refractivity contribution in [1.29, 1.82) is 5.26 Å². The lowest BCUT2D eigenvalue weighted by Gasteiger charge is -2.29. The molecule has 2 heterocycles. The molecule has 8 nitrogen and oxygen atoms in total. The van der Waals surface area contributed by atoms with Gasteiger partial charge in [-0.1, -0.05) is 0 Å². The molecule has 1 aliphatic heterocycles. The standard InChI is InChI=1S/C13H12FN5O3/c14-8-5-10-11(6-9(8)17-1-3-22-4-2-17)19(21)13(16)12(7-15)18(10)20/h5-6H,1-4,16H2. The highest BCUT2D eigenvalue weighted by Gasteiger charge is 2.27. The number of nitrogen functional groups attached to an aromatic ring is 1. The van der Waals surface area contributed by atoms with E-state index < -0.39 is 17.3 Å². The van der Waals surface area contributed by atoms with Crippen LogP contribution in [-0.4, -0.2) is 26.3 Å². The van der Waals surface area contributed by atoms with Gasteiger partial charge in [-0.25, -0.2) is 9.12 Å². The Morgan fingerprint density at radius 1 is 1.23 bits per heavy atom. The van der Waals surface area contributed by atoms with Crippen molar-refractivity contribution in [2.45, 2.75) is 0 Å². The number of rotatable bonds is 1. The van der Waals surface area contributed by atoms with E-state index in [0.29, 0.717) is 26.3 Å². The van der Waals surface area contributed by atoms with Crippen molar-refractivity contribution in [1.82, 2.24) is 0 Å². The van der Waals surface area contributed by atoms with Gasteiger partial charge in [-0.3, -0.25) is 5.73 Å². The summed E-state index contributed by atoms with van der Waals surface area (Å²) in [5, 5.41) is 33.1. The summed E-state index contributed by atoms with van der Waals surface area (Å²) in [6.07, 6.45) is 0. The second-order valence-corrected chi connectivity index (χ2v) is 4.83. The number of morpholine rings is 1. The summed E-state index contributed by atoms with van der Waals surface area (Å²) in [6, 6.07) is 3.77. The van der Waals surface area contributed by atoms with E-state index in [1.165, 1.54) is 6.07 Å². The van der Waals surface area contributed by atoms with Gasteiger partial charge in [-0.15, -0.1) is 4.73 Å². The molecule has 1 aliphatic rings. The predicted molar refractivity (Wildman–Crippen MR) is 74.0 cm³/mol. The lowest BCUT2D eigenvalue weighted by Crippen LogP contribution is -2.44. The molecule has 3 rings (SSSR count). The molecule has 0 aliphatic carbocycles. The van der Waals surface area contributed by atoms with Crippen LogP contribution in [-0.2, 0) is 4.74 Å². The maximum absolute atomic E-state index is 14.3. The molecule has 0 atom stereocenters. The van der Waals surface area contributed by atoms with Gasteiger partial charge in [-0.2, -0.15) is 5.26 Å². The van der Waals surface area contributed by atoms with Crippen LogP contribution in [0, 0.1) is 27.6 Å². The number of benzene rings is 1. The average Bonchev–Trinajstić information content (AvgIpc) is 2.54. The van der Waals surface area contributed by atoms with Crippen LogP contribution in [0.2, 0.25) is 0 Å². The minimum atomic E-state index is -0.646. The monoisotopic (exact) mass is 305 g/mol. The molecule has 2 aromatic rings. The molecule has 1 fully saturated rings. The Morgan fingerprint density at radius 2 is 1.86 bits per heavy atom. The number of hydrogen-bond donors (Lipinski definition) is 1. The normalized spacial score (nSPS) is 15.0. The Balaban J connectivity index is 2.25. The smallest absolute Gasteiger partial charge is 0.385 e. The van der Waals surface area contributed by atoms with Gasteiger partial charge in [0.15, 0.2) is 11.9 Å². The highest BCUT2D eigenvalue weighted by Crippen LogP contribution is 2.24. The van der Waals surface area contributed by atoms with Crippen LogP contribution < -0.4 is 20.1 Å². The van der Waals surface area contributed by atoms with Crippen LogP contribution in [0.5, 0.6) is 0 Å². The first-order chi connectivity index (χ1) is 10.5. The summed E-state index contributed by atoms with van der Waals surface area (Å²) in [5.74, 6) is -1.16. The summed E-state index contributed by atoms with van der Waals surface area (Å²) in [7, 11) is 0. The summed E-state index contributed by atoms with van der Waals surface area (Å²) in [4.78, 5) is 1.72. The molecule has 0 radical (unpaired) electrons. The third-order valence-electron chi connectivity index (χ3n) is 3.60. The third kappa shape index (κ3) is 2.01. The van der Waals surface area contributed by atoms with Crippen molar-refractivity contribution in [2.75, 3.05) is 36.9 Å². The Labute approximate surface area is 124 Å². The first-order valence-corrected chi connectivity index (χ1v) is 6.55. The topological polar surface area (TPSA) is 116 Å². The Morgan fingerprint density at radius 3 is 2.50 bits per heavy atom. The summed E-state index contributed by atoms with van der Waals surface area (Å²) in [5.41, 5.74) is 4.82. The molecule has 114 valence electrons. The molecule has 0 amide bonds. The average molecular weight is 305 g/mol. The molecule has 0 unspecified atom stereocenters. The van der Waals surface area contributed by atoms with Gasteiger partial charge in [0.1, 0.15) is 0 Å². The quantitative estimate of drug-likeness (QED) is 0.562. The second-order valence-electron chi connectivity index (χ2n) is 4.83. The van der Waals surface area contributed by atoms with Crippen molar-refractivity contribution in [3.63, 3.8) is 0 Å². The second kappa shape index (κ2) is 5.16. The highest BCUT2D eigenvalue weighted by molar-refractivity contribution is 5.75. The van der Waals surface area contributed by atoms with Crippen molar-refractivity contribution >= 4 is 22.5 Å². The number of anilines is 2. The Hall–Kier alpha value is -2.86. The molecule has 1 aromatic carbocycles. The van der Waals surface area contributed by atoms with E-state index in [0.717, 1.165) is 6.07 Å². The van der Waals surface area contributed by atoms with E-state index in [1.807, 2.05) is 0 Å². The number of ether oxygens (including phenoxy) is 1. The van der Waals surface area contributed by atoms with Crippen LogP contribution in [0.3, 0.4) is 0 Å². The van der Waals surface area contributed by atoms with Gasteiger partial charge in [-0.05, 0) is 0 Å². The Bertz CT molecular complexity index is 799. The van der Waals surface area contributed by atoms with Crippen molar-refractivity contribution in [2.24, 2.45) is 0 Å². The zero-order valence-corrected chi connectivity index (χ0v) is 11.5. The molecule has 0 saturated carbocycles. The van der Waals surface area contributed by atoms with Gasteiger partial charge in [0.2, 0.25) is 5.52 Å². The SMILES string of the molecule is N#Cc1c(N)[n+]([O-])c2cc(N3CCOCC3)c(F)cc2[n+]1[O-]. The minimum absolute atomic E-state index is 0.0885. The first kappa shape index (κ1) is 14.1. The number of nitrogens with zero attached hydrogens (tertiary/aromatic N) is 4. The number of halogens is 1. The van der Waals surface area contributed by atoms with Crippen molar-refractivity contribution in [3.05, 3.63) is 34.1 Å². The fourth-order valence-electron chi connectivity index (χ4n) is 2.47. The zero-order valence-electron chi connectivity index (χ0n) is 11.5. The van der Waals surface area contributed by atoms with Gasteiger partial charge in [0.05, 0.1) is 25.0 Å². The fraction of sp³-hybridized carbons (Fsp3) is 0.308. The van der Waals surface area contributed by atoms with Crippen LogP contribution in [0.1, 0.15) is 5.69 Å². The maximum atomic E-state index is 14.3. The van der Waals surface area contributed by atoms with Crippen molar-refractivity contribution in [3.8, 4) is 6.07 Å². The van der Waals surface area contributed by atoms with E-state index in [2.05, 4.69) is 0 Å². The Kier molecular flexibility index (Phi) is 3.30. The molecular weight excluding hydrogens is 293 g/mol. The predicted octanol–water partition coefficient (Wildman–Crippen LogP) is -0.464. The van der Waals surface area contributed by atoms with Crippen LogP contribution in [0.25, 0.3) is 11.0 Å². The maximum Gasteiger partial charge on any atom is 0.385 e. The molecule has 9 heteroatoms. The molecule has 0 spiro atoms. The molecular formula is C13H12FN5O3. The number of nitriles is 1. The van der Waals surface area contributed by atoms with Crippen LogP contribution in [0.4, 0.5) is 15.9 Å². The third-order valence-corrected chi connectivity index (χ3v) is 3.60. The van der Waals surface area contributed by atoms with E-state index in [1.54, 1.807) is 11.0 Å². The van der Waals surface area contributed by atoms with Crippen molar-refractivity contribution < 1.29 is 18.6 Å². The summed E-state index contributed by atoms with van der Waals surface area (Å²) >= 11 is 0. The largest absolute Gasteiger partial charge is 0.710 e. The van der Waals surface area contributed by atoms with E-state index >= 15 is 0 Å². The van der Waals surface area contributed by atoms with Gasteiger partial charge < -0.3 is 20.1 Å². The lowest BCUT2D eigenvalue weighted by atomic mass is 10.2. The fourth-order valence-corrected chi connectivity index (χ4v) is 2.47. The van der Waals surface area contributed by atoms with E-state index in [9.17, 15) is 14.8 Å². The molecule has 1 aromatic heterocycles. The highest BCUT2D eigenvalue weighted by atomic mass is 19.1. The summed E-state index contributed by atoms with van der Waals surface area (Å²) in [6.45, 7) is 1.85. The minimum Gasteiger partial charge on any atom is -0.710 e. The van der Waals surface area contributed by atoms with Crippen LogP contribution in [0.15, 0.2) is 12.1 Å². The number of nitrogens with two attached hydrogens (primary N) is 1. The molecule has 1 saturated heterocycles. The number of aromatic nitrogens is 2.